The van der Waals surface area contributed by atoms with Crippen molar-refractivity contribution in [1.29, 1.82) is 0 Å². The lowest BCUT2D eigenvalue weighted by molar-refractivity contribution is -0.127. The molecule has 1 N–H and O–H groups in total. The molecule has 0 unspecified atom stereocenters. The molecule has 2 aromatic rings. The minimum Gasteiger partial charge on any atom is -0.479 e. The van der Waals surface area contributed by atoms with Crippen molar-refractivity contribution in [3.63, 3.8) is 0 Å². The molecule has 6 nitrogen and oxygen atoms in total. The zero-order chi connectivity index (χ0) is 14.8. The number of benzene rings is 1. The molecule has 2 amide bonds. The van der Waals surface area contributed by atoms with Gasteiger partial charge in [0.25, 0.3) is 5.91 Å². The lowest BCUT2D eigenvalue weighted by atomic mass is 10.2. The number of fused-ring (bicyclic) bond motifs is 1. The number of rotatable bonds is 3. The smallest absolute Gasteiger partial charge is 0.268 e. The number of hydrogen-bond donors (Lipinski definition) is 1. The Morgan fingerprint density at radius 1 is 1.48 bits per heavy atom. The molecule has 0 saturated heterocycles. The maximum atomic E-state index is 12.2. The van der Waals surface area contributed by atoms with Crippen molar-refractivity contribution in [2.45, 2.75) is 13.0 Å². The highest BCUT2D eigenvalue weighted by molar-refractivity contribution is 7.13. The Morgan fingerprint density at radius 3 is 3.05 bits per heavy atom. The maximum absolute atomic E-state index is 12.2. The number of para-hydroxylation sites is 2. The first-order chi connectivity index (χ1) is 10.1. The monoisotopic (exact) mass is 303 g/mol. The summed E-state index contributed by atoms with van der Waals surface area (Å²) >= 11 is 1.33. The number of carbonyl (C=O) groups is 2. The van der Waals surface area contributed by atoms with Gasteiger partial charge in [-0.05, 0) is 19.1 Å². The average molecular weight is 303 g/mol. The van der Waals surface area contributed by atoms with Crippen LogP contribution in [0.3, 0.4) is 0 Å². The second kappa shape index (κ2) is 5.53. The molecule has 108 valence electrons. The van der Waals surface area contributed by atoms with Gasteiger partial charge in [0, 0.05) is 11.6 Å². The third kappa shape index (κ3) is 2.73. The highest BCUT2D eigenvalue weighted by Crippen LogP contribution is 2.33. The fourth-order valence-corrected chi connectivity index (χ4v) is 2.65. The predicted molar refractivity (Wildman–Crippen MR) is 79.6 cm³/mol. The lowest BCUT2D eigenvalue weighted by Gasteiger charge is -2.32. The molecular formula is C14H13N3O3S. The summed E-state index contributed by atoms with van der Waals surface area (Å²) in [6, 6.07) is 7.17. The summed E-state index contributed by atoms with van der Waals surface area (Å²) in [5.41, 5.74) is 0.606. The summed E-state index contributed by atoms with van der Waals surface area (Å²) < 4.78 is 5.53. The Morgan fingerprint density at radius 2 is 2.29 bits per heavy atom. The molecule has 0 fully saturated rings. The number of thiazole rings is 1. The van der Waals surface area contributed by atoms with Gasteiger partial charge in [-0.2, -0.15) is 0 Å². The molecule has 1 aromatic heterocycles. The van der Waals surface area contributed by atoms with Gasteiger partial charge in [-0.1, -0.05) is 12.1 Å². The Labute approximate surface area is 125 Å². The minimum atomic E-state index is -0.604. The van der Waals surface area contributed by atoms with Gasteiger partial charge >= 0.3 is 0 Å². The van der Waals surface area contributed by atoms with Crippen LogP contribution >= 0.6 is 11.3 Å². The van der Waals surface area contributed by atoms with Gasteiger partial charge in [-0.15, -0.1) is 11.3 Å². The normalized spacial score (nSPS) is 17.1. The van der Waals surface area contributed by atoms with E-state index in [1.165, 1.54) is 16.2 Å². The van der Waals surface area contributed by atoms with E-state index in [0.29, 0.717) is 16.6 Å². The Balaban J connectivity index is 1.80. The van der Waals surface area contributed by atoms with Crippen molar-refractivity contribution in [2.75, 3.05) is 16.8 Å². The minimum absolute atomic E-state index is 0.0663. The van der Waals surface area contributed by atoms with Gasteiger partial charge < -0.3 is 10.1 Å². The number of ether oxygens (including phenoxy) is 1. The standard InChI is InChI=1S/C14H13N3O3S/c1-9-13(19)17(10-4-2-3-5-11(10)20-9)8-12(18)16-14-15-6-7-21-14/h2-7,9H,8H2,1H3,(H,15,16,18)/t9-/m1/s1. The molecule has 0 saturated carbocycles. The van der Waals surface area contributed by atoms with E-state index in [1.54, 1.807) is 36.7 Å². The molecule has 3 rings (SSSR count). The quantitative estimate of drug-likeness (QED) is 0.940. The Bertz CT molecular complexity index is 672. The van der Waals surface area contributed by atoms with E-state index < -0.39 is 6.10 Å². The molecule has 21 heavy (non-hydrogen) atoms. The van der Waals surface area contributed by atoms with Gasteiger partial charge in [0.1, 0.15) is 12.3 Å². The Hall–Kier alpha value is -2.41. The van der Waals surface area contributed by atoms with Gasteiger partial charge in [0.15, 0.2) is 11.2 Å². The third-order valence-electron chi connectivity index (χ3n) is 3.05. The summed E-state index contributed by atoms with van der Waals surface area (Å²) in [7, 11) is 0. The van der Waals surface area contributed by atoms with Gasteiger partial charge in [-0.25, -0.2) is 4.98 Å². The fraction of sp³-hybridized carbons (Fsp3) is 0.214. The molecule has 0 spiro atoms. The first-order valence-electron chi connectivity index (χ1n) is 6.41. The van der Waals surface area contributed by atoms with Crippen LogP contribution in [0.4, 0.5) is 10.8 Å². The van der Waals surface area contributed by atoms with Crippen LogP contribution in [-0.4, -0.2) is 29.4 Å². The van der Waals surface area contributed by atoms with Crippen LogP contribution in [0.15, 0.2) is 35.8 Å². The molecule has 1 aromatic carbocycles. The van der Waals surface area contributed by atoms with Crippen LogP contribution in [0, 0.1) is 0 Å². The van der Waals surface area contributed by atoms with Crippen LogP contribution in [0.2, 0.25) is 0 Å². The van der Waals surface area contributed by atoms with Crippen molar-refractivity contribution < 1.29 is 14.3 Å². The summed E-state index contributed by atoms with van der Waals surface area (Å²) in [6.07, 6.45) is 1.00. The highest BCUT2D eigenvalue weighted by atomic mass is 32.1. The van der Waals surface area contributed by atoms with E-state index in [0.717, 1.165) is 0 Å². The van der Waals surface area contributed by atoms with Gasteiger partial charge in [0.05, 0.1) is 5.69 Å². The topological polar surface area (TPSA) is 71.5 Å². The third-order valence-corrected chi connectivity index (χ3v) is 3.74. The summed E-state index contributed by atoms with van der Waals surface area (Å²) in [6.45, 7) is 1.60. The van der Waals surface area contributed by atoms with E-state index >= 15 is 0 Å². The molecule has 2 heterocycles. The molecule has 1 aliphatic rings. The van der Waals surface area contributed by atoms with Crippen molar-refractivity contribution in [3.05, 3.63) is 35.8 Å². The largest absolute Gasteiger partial charge is 0.479 e. The van der Waals surface area contributed by atoms with E-state index in [9.17, 15) is 9.59 Å². The molecule has 1 atom stereocenters. The van der Waals surface area contributed by atoms with Crippen molar-refractivity contribution in [2.24, 2.45) is 0 Å². The second-order valence-electron chi connectivity index (χ2n) is 4.54. The highest BCUT2D eigenvalue weighted by Gasteiger charge is 2.32. The maximum Gasteiger partial charge on any atom is 0.268 e. The zero-order valence-electron chi connectivity index (χ0n) is 11.3. The molecule has 1 aliphatic heterocycles. The molecular weight excluding hydrogens is 290 g/mol. The first-order valence-corrected chi connectivity index (χ1v) is 7.29. The molecule has 0 aliphatic carbocycles. The zero-order valence-corrected chi connectivity index (χ0v) is 12.1. The number of aromatic nitrogens is 1. The van der Waals surface area contributed by atoms with Crippen LogP contribution < -0.4 is 15.0 Å². The van der Waals surface area contributed by atoms with E-state index in [-0.39, 0.29) is 18.4 Å². The number of carbonyl (C=O) groups excluding carboxylic acids is 2. The fourth-order valence-electron chi connectivity index (χ4n) is 2.11. The van der Waals surface area contributed by atoms with Crippen molar-refractivity contribution >= 4 is 34.0 Å². The molecule has 0 radical (unpaired) electrons. The second-order valence-corrected chi connectivity index (χ2v) is 5.43. The van der Waals surface area contributed by atoms with Crippen molar-refractivity contribution in [1.82, 2.24) is 4.98 Å². The Kier molecular flexibility index (Phi) is 3.57. The number of nitrogens with zero attached hydrogens (tertiary/aromatic N) is 2. The average Bonchev–Trinajstić information content (AvgIpc) is 2.96. The van der Waals surface area contributed by atoms with Crippen LogP contribution in [0.5, 0.6) is 5.75 Å². The van der Waals surface area contributed by atoms with E-state index in [4.69, 9.17) is 4.74 Å². The summed E-state index contributed by atoms with van der Waals surface area (Å²) in [5, 5.41) is 4.96. The predicted octanol–water partition coefficient (Wildman–Crippen LogP) is 1.90. The molecule has 7 heteroatoms. The van der Waals surface area contributed by atoms with Crippen molar-refractivity contribution in [3.8, 4) is 5.75 Å². The van der Waals surface area contributed by atoms with Crippen LogP contribution in [-0.2, 0) is 9.59 Å². The SMILES string of the molecule is C[C@H]1Oc2ccccc2N(CC(=O)Nc2nccs2)C1=O. The van der Waals surface area contributed by atoms with E-state index in [1.807, 2.05) is 6.07 Å². The van der Waals surface area contributed by atoms with Gasteiger partial charge in [0.2, 0.25) is 5.91 Å². The lowest BCUT2D eigenvalue weighted by Crippen LogP contribution is -2.47. The molecule has 0 bridgehead atoms. The number of amides is 2. The van der Waals surface area contributed by atoms with Gasteiger partial charge in [-0.3, -0.25) is 14.5 Å². The summed E-state index contributed by atoms with van der Waals surface area (Å²) in [4.78, 5) is 29.7. The number of anilines is 2. The van der Waals surface area contributed by atoms with E-state index in [2.05, 4.69) is 10.3 Å². The van der Waals surface area contributed by atoms with Crippen LogP contribution in [0.1, 0.15) is 6.92 Å². The summed E-state index contributed by atoms with van der Waals surface area (Å²) in [5.74, 6) is 0.0804. The number of nitrogens with one attached hydrogen (secondary N) is 1. The number of hydrogen-bond acceptors (Lipinski definition) is 5. The van der Waals surface area contributed by atoms with Crippen LogP contribution in [0.25, 0.3) is 0 Å². The first kappa shape index (κ1) is 13.6.